The van der Waals surface area contributed by atoms with Gasteiger partial charge in [-0.1, -0.05) is 0 Å². The maximum Gasteiger partial charge on any atom is 0.330 e. The van der Waals surface area contributed by atoms with Gasteiger partial charge in [-0.2, -0.15) is 0 Å². The van der Waals surface area contributed by atoms with Gasteiger partial charge >= 0.3 is 5.69 Å². The highest BCUT2D eigenvalue weighted by atomic mass is 16.2. The minimum Gasteiger partial charge on any atom is -0.367 e. The largest absolute Gasteiger partial charge is 0.367 e. The number of imidazole rings is 1. The second-order valence-corrected chi connectivity index (χ2v) is 4.21. The van der Waals surface area contributed by atoms with E-state index in [9.17, 15) is 14.4 Å². The molecule has 0 bridgehead atoms. The van der Waals surface area contributed by atoms with E-state index in [2.05, 4.69) is 19.9 Å². The number of hydrogen-bond donors (Lipinski definition) is 3. The van der Waals surface area contributed by atoms with Gasteiger partial charge in [-0.3, -0.25) is 19.1 Å². The van der Waals surface area contributed by atoms with E-state index in [4.69, 9.17) is 0 Å². The molecule has 20 heavy (non-hydrogen) atoms. The number of nitrogens with one attached hydrogen (secondary N) is 3. The van der Waals surface area contributed by atoms with Crippen molar-refractivity contribution in [2.24, 2.45) is 0 Å². The highest BCUT2D eigenvalue weighted by molar-refractivity contribution is 5.75. The maximum absolute atomic E-state index is 11.8. The number of rotatable bonds is 2. The van der Waals surface area contributed by atoms with E-state index in [0.29, 0.717) is 12.1 Å². The number of nitrogens with zero attached hydrogens (tertiary/aromatic N) is 2. The molecule has 0 amide bonds. The van der Waals surface area contributed by atoms with Crippen LogP contribution in [0.1, 0.15) is 6.92 Å². The van der Waals surface area contributed by atoms with Gasteiger partial charge < -0.3 is 9.97 Å². The Morgan fingerprint density at radius 2 is 2.05 bits per heavy atom. The number of H-pyrrole nitrogens is 3. The Labute approximate surface area is 111 Å². The van der Waals surface area contributed by atoms with E-state index in [1.807, 2.05) is 0 Å². The molecule has 8 nitrogen and oxygen atoms in total. The Bertz CT molecular complexity index is 959. The summed E-state index contributed by atoms with van der Waals surface area (Å²) in [5.74, 6) is 0.250. The molecule has 0 atom stereocenters. The zero-order chi connectivity index (χ0) is 14.3. The lowest BCUT2D eigenvalue weighted by Crippen LogP contribution is -2.29. The monoisotopic (exact) mass is 273 g/mol. The molecule has 3 rings (SSSR count). The van der Waals surface area contributed by atoms with Crippen molar-refractivity contribution < 1.29 is 0 Å². The fraction of sp³-hybridized carbons (Fsp3) is 0.167. The SMILES string of the molecule is CCn1c(=O)[nH]c(=O)c2[nH]c(-c3c[nH]ccc3=O)nc21. The van der Waals surface area contributed by atoms with Gasteiger partial charge in [0.25, 0.3) is 5.56 Å². The number of fused-ring (bicyclic) bond motifs is 1. The third-order valence-electron chi connectivity index (χ3n) is 3.03. The predicted octanol–water partition coefficient (Wildman–Crippen LogP) is -0.212. The molecule has 0 aliphatic rings. The van der Waals surface area contributed by atoms with Crippen LogP contribution in [0.2, 0.25) is 0 Å². The van der Waals surface area contributed by atoms with Crippen LogP contribution in [0.4, 0.5) is 0 Å². The second-order valence-electron chi connectivity index (χ2n) is 4.21. The van der Waals surface area contributed by atoms with Crippen LogP contribution in [0.5, 0.6) is 0 Å². The molecule has 0 aromatic carbocycles. The Kier molecular flexibility index (Phi) is 2.63. The average molecular weight is 273 g/mol. The molecular formula is C12H11N5O3. The van der Waals surface area contributed by atoms with E-state index in [1.54, 1.807) is 6.92 Å². The number of pyridine rings is 1. The zero-order valence-electron chi connectivity index (χ0n) is 10.6. The lowest BCUT2D eigenvalue weighted by Gasteiger charge is -1.99. The molecular weight excluding hydrogens is 262 g/mol. The smallest absolute Gasteiger partial charge is 0.330 e. The molecule has 0 saturated heterocycles. The van der Waals surface area contributed by atoms with Gasteiger partial charge in [-0.25, -0.2) is 9.78 Å². The summed E-state index contributed by atoms with van der Waals surface area (Å²) in [6.45, 7) is 2.13. The molecule has 3 N–H and O–H groups in total. The van der Waals surface area contributed by atoms with E-state index < -0.39 is 11.2 Å². The first-order valence-corrected chi connectivity index (χ1v) is 6.02. The summed E-state index contributed by atoms with van der Waals surface area (Å²) in [6.07, 6.45) is 2.99. The lowest BCUT2D eigenvalue weighted by atomic mass is 10.3. The molecule has 0 fully saturated rings. The van der Waals surface area contributed by atoms with Crippen molar-refractivity contribution >= 4 is 11.2 Å². The van der Waals surface area contributed by atoms with Crippen molar-refractivity contribution in [1.29, 1.82) is 0 Å². The second kappa shape index (κ2) is 4.34. The van der Waals surface area contributed by atoms with Gasteiger partial charge in [0.1, 0.15) is 11.3 Å². The maximum atomic E-state index is 11.8. The Hall–Kier alpha value is -2.90. The molecule has 0 unspecified atom stereocenters. The summed E-state index contributed by atoms with van der Waals surface area (Å²) in [7, 11) is 0. The summed E-state index contributed by atoms with van der Waals surface area (Å²) in [6, 6.07) is 1.36. The molecule has 0 aliphatic heterocycles. The molecule has 3 aromatic heterocycles. The lowest BCUT2D eigenvalue weighted by molar-refractivity contribution is 0.720. The van der Waals surface area contributed by atoms with Gasteiger partial charge in [0, 0.05) is 25.0 Å². The fourth-order valence-electron chi connectivity index (χ4n) is 2.06. The van der Waals surface area contributed by atoms with Gasteiger partial charge in [-0.05, 0) is 6.92 Å². The molecule has 8 heteroatoms. The van der Waals surface area contributed by atoms with Crippen molar-refractivity contribution in [3.8, 4) is 11.4 Å². The van der Waals surface area contributed by atoms with E-state index in [1.165, 1.54) is 23.0 Å². The molecule has 0 aliphatic carbocycles. The summed E-state index contributed by atoms with van der Waals surface area (Å²) in [4.78, 5) is 47.2. The van der Waals surface area contributed by atoms with Crippen molar-refractivity contribution in [1.82, 2.24) is 24.5 Å². The summed E-state index contributed by atoms with van der Waals surface area (Å²) < 4.78 is 1.33. The van der Waals surface area contributed by atoms with Gasteiger partial charge in [0.05, 0.1) is 5.56 Å². The van der Waals surface area contributed by atoms with Gasteiger partial charge in [0.15, 0.2) is 11.1 Å². The summed E-state index contributed by atoms with van der Waals surface area (Å²) in [5, 5.41) is 0. The highest BCUT2D eigenvalue weighted by Crippen LogP contribution is 2.13. The first-order valence-electron chi connectivity index (χ1n) is 6.02. The normalized spacial score (nSPS) is 11.1. The average Bonchev–Trinajstić information content (AvgIpc) is 2.85. The van der Waals surface area contributed by atoms with Crippen LogP contribution in [0.3, 0.4) is 0 Å². The zero-order valence-corrected chi connectivity index (χ0v) is 10.6. The van der Waals surface area contributed by atoms with Crippen molar-refractivity contribution in [2.75, 3.05) is 0 Å². The molecule has 3 heterocycles. The number of hydrogen-bond acceptors (Lipinski definition) is 4. The summed E-state index contributed by atoms with van der Waals surface area (Å²) >= 11 is 0. The minimum absolute atomic E-state index is 0.171. The van der Waals surface area contributed by atoms with Crippen LogP contribution in [-0.2, 0) is 6.54 Å². The van der Waals surface area contributed by atoms with Crippen LogP contribution in [0, 0.1) is 0 Å². The Balaban J connectivity index is 2.40. The fourth-order valence-corrected chi connectivity index (χ4v) is 2.06. The minimum atomic E-state index is -0.555. The first-order chi connectivity index (χ1) is 9.61. The number of aryl methyl sites for hydroxylation is 1. The number of aromatic amines is 3. The highest BCUT2D eigenvalue weighted by Gasteiger charge is 2.14. The van der Waals surface area contributed by atoms with Crippen LogP contribution in [0.25, 0.3) is 22.6 Å². The molecule has 102 valence electrons. The Morgan fingerprint density at radius 3 is 2.75 bits per heavy atom. The summed E-state index contributed by atoms with van der Waals surface area (Å²) in [5.41, 5.74) is -0.599. The third kappa shape index (κ3) is 1.69. The van der Waals surface area contributed by atoms with Crippen molar-refractivity contribution in [3.63, 3.8) is 0 Å². The molecule has 0 saturated carbocycles. The molecule has 0 spiro atoms. The van der Waals surface area contributed by atoms with E-state index >= 15 is 0 Å². The molecule has 0 radical (unpaired) electrons. The molecule has 3 aromatic rings. The standard InChI is InChI=1S/C12H11N5O3/c1-2-17-10-8(11(19)16-12(17)20)14-9(15-10)6-5-13-4-3-7(6)18/h3-5H,2H2,1H3,(H,13,18)(H,14,15)(H,16,19,20). The first kappa shape index (κ1) is 12.2. The van der Waals surface area contributed by atoms with Crippen LogP contribution >= 0.6 is 0 Å². The number of aromatic nitrogens is 5. The third-order valence-corrected chi connectivity index (χ3v) is 3.03. The predicted molar refractivity (Wildman–Crippen MR) is 72.7 cm³/mol. The van der Waals surface area contributed by atoms with E-state index in [-0.39, 0.29) is 22.4 Å². The van der Waals surface area contributed by atoms with Gasteiger partial charge in [-0.15, -0.1) is 0 Å². The van der Waals surface area contributed by atoms with Crippen LogP contribution in [-0.4, -0.2) is 24.5 Å². The van der Waals surface area contributed by atoms with Crippen LogP contribution in [0.15, 0.2) is 32.8 Å². The van der Waals surface area contributed by atoms with Crippen LogP contribution < -0.4 is 16.7 Å². The quantitative estimate of drug-likeness (QED) is 0.598. The van der Waals surface area contributed by atoms with Crippen molar-refractivity contribution in [3.05, 3.63) is 49.5 Å². The topological polar surface area (TPSA) is 116 Å². The van der Waals surface area contributed by atoms with E-state index in [0.717, 1.165) is 0 Å². The van der Waals surface area contributed by atoms with Crippen molar-refractivity contribution in [2.45, 2.75) is 13.5 Å². The Morgan fingerprint density at radius 1 is 1.25 bits per heavy atom. The van der Waals surface area contributed by atoms with Gasteiger partial charge in [0.2, 0.25) is 0 Å².